The maximum atomic E-state index is 14.4. The van der Waals surface area contributed by atoms with Gasteiger partial charge in [0.2, 0.25) is 17.6 Å². The number of carbonyl (C=O) groups excluding carboxylic acids is 2. The van der Waals surface area contributed by atoms with Gasteiger partial charge in [-0.3, -0.25) is 4.79 Å². The number of aromatic nitrogens is 2. The average molecular weight is 495 g/mol. The van der Waals surface area contributed by atoms with E-state index in [1.165, 1.54) is 6.07 Å². The molecule has 3 aromatic rings. The molecule has 0 unspecified atom stereocenters. The molecule has 0 radical (unpaired) electrons. The summed E-state index contributed by atoms with van der Waals surface area (Å²) in [6, 6.07) is 14.8. The van der Waals surface area contributed by atoms with E-state index < -0.39 is 17.7 Å². The molecular weight excluding hydrogens is 463 g/mol. The molecule has 1 aliphatic heterocycles. The van der Waals surface area contributed by atoms with Crippen LogP contribution < -0.4 is 5.32 Å². The molecule has 2 aromatic carbocycles. The van der Waals surface area contributed by atoms with E-state index in [9.17, 15) is 14.0 Å². The summed E-state index contributed by atoms with van der Waals surface area (Å²) in [5, 5.41) is 6.84. The lowest BCUT2D eigenvalue weighted by Gasteiger charge is -2.27. The zero-order valence-electron chi connectivity index (χ0n) is 20.7. The smallest absolute Gasteiger partial charge is 0.407 e. The van der Waals surface area contributed by atoms with Crippen molar-refractivity contribution in [2.75, 3.05) is 6.54 Å². The predicted molar refractivity (Wildman–Crippen MR) is 131 cm³/mol. The third kappa shape index (κ3) is 6.47. The molecule has 0 saturated carbocycles. The minimum absolute atomic E-state index is 0.0241. The first-order chi connectivity index (χ1) is 17.2. The van der Waals surface area contributed by atoms with Crippen LogP contribution in [0.5, 0.6) is 0 Å². The van der Waals surface area contributed by atoms with Crippen LogP contribution in [0.3, 0.4) is 0 Å². The molecule has 1 saturated heterocycles. The minimum Gasteiger partial charge on any atom is -0.444 e. The first kappa shape index (κ1) is 25.3. The van der Waals surface area contributed by atoms with E-state index in [4.69, 9.17) is 9.26 Å². The molecule has 2 amide bonds. The van der Waals surface area contributed by atoms with Gasteiger partial charge in [-0.15, -0.1) is 0 Å². The molecule has 190 valence electrons. The summed E-state index contributed by atoms with van der Waals surface area (Å²) >= 11 is 0. The first-order valence-electron chi connectivity index (χ1n) is 12.1. The van der Waals surface area contributed by atoms with E-state index in [0.717, 1.165) is 12.0 Å². The standard InChI is InChI=1S/C27H31FN4O4/c1-27(2,3)35-26(34)29-20(16-19-12-7-8-13-21(19)28)17-23(33)32-15-9-14-22(32)25-30-24(31-36-25)18-10-5-4-6-11-18/h4-8,10-13,20,22H,9,14-17H2,1-3H3,(H,29,34)/t20-,22+/m1/s1. The molecule has 1 aromatic heterocycles. The van der Waals surface area contributed by atoms with Gasteiger partial charge in [0.25, 0.3) is 0 Å². The van der Waals surface area contributed by atoms with Crippen molar-refractivity contribution in [3.05, 3.63) is 71.9 Å². The van der Waals surface area contributed by atoms with Gasteiger partial charge in [0.15, 0.2) is 0 Å². The van der Waals surface area contributed by atoms with Gasteiger partial charge in [0.05, 0.1) is 0 Å². The molecule has 1 aliphatic rings. The van der Waals surface area contributed by atoms with E-state index in [2.05, 4.69) is 15.5 Å². The molecule has 0 aliphatic carbocycles. The fourth-order valence-electron chi connectivity index (χ4n) is 4.30. The minimum atomic E-state index is -0.703. The zero-order valence-corrected chi connectivity index (χ0v) is 20.7. The van der Waals surface area contributed by atoms with Crippen LogP contribution in [0, 0.1) is 5.82 Å². The van der Waals surface area contributed by atoms with Crippen molar-refractivity contribution in [1.82, 2.24) is 20.4 Å². The number of hydrogen-bond acceptors (Lipinski definition) is 6. The molecule has 4 rings (SSSR count). The van der Waals surface area contributed by atoms with Crippen molar-refractivity contribution in [3.63, 3.8) is 0 Å². The zero-order chi connectivity index (χ0) is 25.7. The second kappa shape index (κ2) is 10.9. The second-order valence-corrected chi connectivity index (χ2v) is 9.91. The summed E-state index contributed by atoms with van der Waals surface area (Å²) in [4.78, 5) is 32.1. The molecule has 1 N–H and O–H groups in total. The molecule has 1 fully saturated rings. The summed E-state index contributed by atoms with van der Waals surface area (Å²) in [7, 11) is 0. The van der Waals surface area contributed by atoms with Gasteiger partial charge < -0.3 is 19.5 Å². The molecule has 2 heterocycles. The van der Waals surface area contributed by atoms with Crippen molar-refractivity contribution in [1.29, 1.82) is 0 Å². The first-order valence-corrected chi connectivity index (χ1v) is 12.1. The van der Waals surface area contributed by atoms with E-state index >= 15 is 0 Å². The van der Waals surface area contributed by atoms with E-state index in [-0.39, 0.29) is 30.6 Å². The van der Waals surface area contributed by atoms with Crippen molar-refractivity contribution in [2.24, 2.45) is 0 Å². The maximum Gasteiger partial charge on any atom is 0.407 e. The summed E-state index contributed by atoms with van der Waals surface area (Å²) in [6.07, 6.45) is 0.953. The van der Waals surface area contributed by atoms with Crippen LogP contribution >= 0.6 is 0 Å². The van der Waals surface area contributed by atoms with Crippen molar-refractivity contribution < 1.29 is 23.2 Å². The molecule has 8 nitrogen and oxygen atoms in total. The summed E-state index contributed by atoms with van der Waals surface area (Å²) in [5.41, 5.74) is 0.536. The fourth-order valence-corrected chi connectivity index (χ4v) is 4.30. The Morgan fingerprint density at radius 1 is 1.17 bits per heavy atom. The van der Waals surface area contributed by atoms with Crippen LogP contribution in [-0.4, -0.2) is 45.2 Å². The number of nitrogens with zero attached hydrogens (tertiary/aromatic N) is 3. The van der Waals surface area contributed by atoms with Gasteiger partial charge in [-0.05, 0) is 51.7 Å². The number of nitrogens with one attached hydrogen (secondary N) is 1. The molecule has 36 heavy (non-hydrogen) atoms. The highest BCUT2D eigenvalue weighted by atomic mass is 19.1. The Kier molecular flexibility index (Phi) is 7.67. The number of rotatable bonds is 7. The predicted octanol–water partition coefficient (Wildman–Crippen LogP) is 5.07. The number of likely N-dealkylation sites (tertiary alicyclic amines) is 1. The Bertz CT molecular complexity index is 1190. The Morgan fingerprint density at radius 3 is 2.61 bits per heavy atom. The number of carbonyl (C=O) groups is 2. The quantitative estimate of drug-likeness (QED) is 0.493. The van der Waals surface area contributed by atoms with Gasteiger partial charge in [-0.25, -0.2) is 9.18 Å². The normalized spacial score (nSPS) is 16.6. The van der Waals surface area contributed by atoms with Gasteiger partial charge in [0, 0.05) is 24.6 Å². The fraction of sp³-hybridized carbons (Fsp3) is 0.407. The molecule has 0 spiro atoms. The molecular formula is C27H31FN4O4. The third-order valence-electron chi connectivity index (χ3n) is 5.90. The third-order valence-corrected chi connectivity index (χ3v) is 5.90. The number of amides is 2. The number of halogens is 1. The van der Waals surface area contributed by atoms with E-state index in [0.29, 0.717) is 30.2 Å². The topological polar surface area (TPSA) is 97.6 Å². The Balaban J connectivity index is 1.49. The summed E-state index contributed by atoms with van der Waals surface area (Å²) in [5.74, 6) is 0.271. The van der Waals surface area contributed by atoms with Crippen LogP contribution in [0.25, 0.3) is 11.4 Å². The molecule has 0 bridgehead atoms. The maximum absolute atomic E-state index is 14.4. The Labute approximate surface area is 209 Å². The lowest BCUT2D eigenvalue weighted by atomic mass is 10.0. The average Bonchev–Trinajstić information content (AvgIpc) is 3.49. The van der Waals surface area contributed by atoms with Crippen molar-refractivity contribution >= 4 is 12.0 Å². The lowest BCUT2D eigenvalue weighted by molar-refractivity contribution is -0.133. The Hall–Kier alpha value is -3.75. The van der Waals surface area contributed by atoms with Crippen LogP contribution in [0.2, 0.25) is 0 Å². The molecule has 2 atom stereocenters. The Morgan fingerprint density at radius 2 is 1.89 bits per heavy atom. The van der Waals surface area contributed by atoms with Gasteiger partial charge in [-0.1, -0.05) is 53.7 Å². The van der Waals surface area contributed by atoms with Crippen LogP contribution in [0.15, 0.2) is 59.1 Å². The largest absolute Gasteiger partial charge is 0.444 e. The highest BCUT2D eigenvalue weighted by Crippen LogP contribution is 2.33. The van der Waals surface area contributed by atoms with Gasteiger partial charge >= 0.3 is 6.09 Å². The van der Waals surface area contributed by atoms with E-state index in [1.807, 2.05) is 30.3 Å². The van der Waals surface area contributed by atoms with Gasteiger partial charge in [0.1, 0.15) is 17.5 Å². The lowest BCUT2D eigenvalue weighted by Crippen LogP contribution is -2.44. The van der Waals surface area contributed by atoms with Crippen LogP contribution in [-0.2, 0) is 16.0 Å². The van der Waals surface area contributed by atoms with Crippen molar-refractivity contribution in [3.8, 4) is 11.4 Å². The summed E-state index contributed by atoms with van der Waals surface area (Å²) < 4.78 is 25.3. The number of hydrogen-bond donors (Lipinski definition) is 1. The second-order valence-electron chi connectivity index (χ2n) is 9.91. The summed E-state index contributed by atoms with van der Waals surface area (Å²) in [6.45, 7) is 5.80. The SMILES string of the molecule is CC(C)(C)OC(=O)N[C@@H](CC(=O)N1CCC[C@H]1c1nc(-c2ccccc2)no1)Cc1ccccc1F. The number of ether oxygens (including phenoxy) is 1. The van der Waals surface area contributed by atoms with Crippen LogP contribution in [0.1, 0.15) is 57.5 Å². The van der Waals surface area contributed by atoms with Gasteiger partial charge in [-0.2, -0.15) is 4.98 Å². The monoisotopic (exact) mass is 494 g/mol. The highest BCUT2D eigenvalue weighted by Gasteiger charge is 2.35. The van der Waals surface area contributed by atoms with E-state index in [1.54, 1.807) is 43.9 Å². The highest BCUT2D eigenvalue weighted by molar-refractivity contribution is 5.78. The van der Waals surface area contributed by atoms with Crippen molar-refractivity contribution in [2.45, 2.75) is 64.1 Å². The number of alkyl carbamates (subject to hydrolysis) is 1. The molecule has 9 heteroatoms. The number of benzene rings is 2. The van der Waals surface area contributed by atoms with Crippen LogP contribution in [0.4, 0.5) is 9.18 Å².